The molecule has 19 heavy (non-hydrogen) atoms. The molecule has 2 amide bonds. The van der Waals surface area contributed by atoms with Crippen molar-refractivity contribution in [2.45, 2.75) is 31.3 Å². The Morgan fingerprint density at radius 1 is 1.26 bits per heavy atom. The highest BCUT2D eigenvalue weighted by atomic mass is 16.2. The number of para-hydroxylation sites is 1. The molecule has 3 rings (SSSR count). The normalized spacial score (nSPS) is 28.3. The largest absolute Gasteiger partial charge is 0.366 e. The summed E-state index contributed by atoms with van der Waals surface area (Å²) in [6, 6.07) is 7.60. The molecule has 1 aromatic rings. The van der Waals surface area contributed by atoms with Gasteiger partial charge in [-0.3, -0.25) is 9.59 Å². The van der Waals surface area contributed by atoms with Crippen molar-refractivity contribution in [1.29, 1.82) is 0 Å². The number of carbonyl (C=O) groups excluding carboxylic acids is 2. The first-order valence-corrected chi connectivity index (χ1v) is 6.61. The van der Waals surface area contributed by atoms with Crippen molar-refractivity contribution >= 4 is 17.5 Å². The van der Waals surface area contributed by atoms with Gasteiger partial charge in [0.05, 0.1) is 17.2 Å². The Morgan fingerprint density at radius 3 is 2.68 bits per heavy atom. The molecule has 5 nitrogen and oxygen atoms in total. The van der Waals surface area contributed by atoms with Crippen molar-refractivity contribution in [3.05, 3.63) is 29.8 Å². The molecule has 3 unspecified atom stereocenters. The molecule has 2 aliphatic heterocycles. The lowest BCUT2D eigenvalue weighted by atomic mass is 9.88. The molecule has 5 heteroatoms. The molecule has 100 valence electrons. The zero-order valence-electron chi connectivity index (χ0n) is 10.6. The molecule has 2 heterocycles. The molecule has 2 bridgehead atoms. The average molecular weight is 259 g/mol. The number of fused-ring (bicyclic) bond motifs is 2. The lowest BCUT2D eigenvalue weighted by Gasteiger charge is -2.20. The fourth-order valence-corrected chi connectivity index (χ4v) is 3.15. The Morgan fingerprint density at radius 2 is 2.05 bits per heavy atom. The first-order valence-electron chi connectivity index (χ1n) is 6.61. The number of hydrogen-bond acceptors (Lipinski definition) is 3. The number of hydrogen-bond donors (Lipinski definition) is 3. The average Bonchev–Trinajstić information content (AvgIpc) is 3.01. The summed E-state index contributed by atoms with van der Waals surface area (Å²) in [5.41, 5.74) is 6.16. The molecule has 0 radical (unpaired) electrons. The van der Waals surface area contributed by atoms with E-state index >= 15 is 0 Å². The molecule has 2 fully saturated rings. The van der Waals surface area contributed by atoms with Crippen molar-refractivity contribution in [1.82, 2.24) is 5.32 Å². The van der Waals surface area contributed by atoms with Crippen LogP contribution in [0.3, 0.4) is 0 Å². The zero-order valence-corrected chi connectivity index (χ0v) is 10.6. The van der Waals surface area contributed by atoms with Gasteiger partial charge in [-0.1, -0.05) is 12.1 Å². The highest BCUT2D eigenvalue weighted by molar-refractivity contribution is 6.03. The first-order chi connectivity index (χ1) is 9.15. The van der Waals surface area contributed by atoms with Crippen LogP contribution in [-0.4, -0.2) is 23.9 Å². The Hall–Kier alpha value is -1.88. The molecule has 0 aromatic heterocycles. The van der Waals surface area contributed by atoms with E-state index in [1.165, 1.54) is 0 Å². The molecule has 0 saturated carbocycles. The summed E-state index contributed by atoms with van der Waals surface area (Å²) >= 11 is 0. The summed E-state index contributed by atoms with van der Waals surface area (Å²) in [6.45, 7) is 0. The Bertz CT molecular complexity index is 529. The molecule has 1 aromatic carbocycles. The van der Waals surface area contributed by atoms with Gasteiger partial charge < -0.3 is 16.4 Å². The van der Waals surface area contributed by atoms with E-state index in [0.29, 0.717) is 17.3 Å². The third kappa shape index (κ3) is 2.21. The topological polar surface area (TPSA) is 84.2 Å². The molecule has 2 aliphatic rings. The van der Waals surface area contributed by atoms with E-state index in [9.17, 15) is 9.59 Å². The Balaban J connectivity index is 1.75. The van der Waals surface area contributed by atoms with Crippen LogP contribution in [0.25, 0.3) is 0 Å². The third-order valence-corrected chi connectivity index (χ3v) is 4.09. The predicted molar refractivity (Wildman–Crippen MR) is 71.6 cm³/mol. The van der Waals surface area contributed by atoms with Crippen LogP contribution in [0.1, 0.15) is 29.6 Å². The van der Waals surface area contributed by atoms with Crippen LogP contribution in [0, 0.1) is 5.92 Å². The summed E-state index contributed by atoms with van der Waals surface area (Å²) in [6.07, 6.45) is 3.10. The Labute approximate surface area is 111 Å². The fourth-order valence-electron chi connectivity index (χ4n) is 3.15. The molecule has 0 spiro atoms. The SMILES string of the molecule is NC(=O)c1ccccc1NC(=O)C1CC2CCC1N2. The number of amides is 2. The van der Waals surface area contributed by atoms with Crippen LogP contribution in [-0.2, 0) is 4.79 Å². The van der Waals surface area contributed by atoms with Gasteiger partial charge in [0, 0.05) is 12.1 Å². The van der Waals surface area contributed by atoms with Crippen molar-refractivity contribution in [3.8, 4) is 0 Å². The van der Waals surface area contributed by atoms with Crippen LogP contribution in [0.5, 0.6) is 0 Å². The minimum atomic E-state index is -0.526. The van der Waals surface area contributed by atoms with Gasteiger partial charge in [-0.15, -0.1) is 0 Å². The van der Waals surface area contributed by atoms with Crippen LogP contribution in [0.15, 0.2) is 24.3 Å². The molecule has 2 saturated heterocycles. The maximum Gasteiger partial charge on any atom is 0.250 e. The van der Waals surface area contributed by atoms with Crippen molar-refractivity contribution in [2.75, 3.05) is 5.32 Å². The summed E-state index contributed by atoms with van der Waals surface area (Å²) < 4.78 is 0. The summed E-state index contributed by atoms with van der Waals surface area (Å²) in [4.78, 5) is 23.6. The number of carbonyl (C=O) groups is 2. The highest BCUT2D eigenvalue weighted by Crippen LogP contribution is 2.34. The van der Waals surface area contributed by atoms with Gasteiger partial charge in [0.1, 0.15) is 0 Å². The van der Waals surface area contributed by atoms with Crippen LogP contribution in [0.2, 0.25) is 0 Å². The quantitative estimate of drug-likeness (QED) is 0.753. The summed E-state index contributed by atoms with van der Waals surface area (Å²) in [5.74, 6) is -0.546. The number of primary amides is 1. The smallest absolute Gasteiger partial charge is 0.250 e. The molecule has 0 aliphatic carbocycles. The Kier molecular flexibility index (Phi) is 2.98. The summed E-state index contributed by atoms with van der Waals surface area (Å²) in [5, 5.41) is 6.27. The van der Waals surface area contributed by atoms with E-state index in [1.54, 1.807) is 24.3 Å². The first kappa shape index (κ1) is 12.2. The van der Waals surface area contributed by atoms with Gasteiger partial charge in [-0.25, -0.2) is 0 Å². The molecular formula is C14H17N3O2. The van der Waals surface area contributed by atoms with Gasteiger partial charge in [0.2, 0.25) is 5.91 Å². The standard InChI is InChI=1S/C14H17N3O2/c15-13(18)9-3-1-2-4-11(9)17-14(19)10-7-8-5-6-12(10)16-8/h1-4,8,10,12,16H,5-7H2,(H2,15,18)(H,17,19). The van der Waals surface area contributed by atoms with E-state index in [0.717, 1.165) is 19.3 Å². The van der Waals surface area contributed by atoms with Crippen LogP contribution < -0.4 is 16.4 Å². The van der Waals surface area contributed by atoms with Gasteiger partial charge in [0.15, 0.2) is 0 Å². The van der Waals surface area contributed by atoms with Crippen LogP contribution in [0.4, 0.5) is 5.69 Å². The van der Waals surface area contributed by atoms with Crippen molar-refractivity contribution in [2.24, 2.45) is 11.7 Å². The number of nitrogens with one attached hydrogen (secondary N) is 2. The number of rotatable bonds is 3. The van der Waals surface area contributed by atoms with E-state index in [2.05, 4.69) is 10.6 Å². The number of nitrogens with two attached hydrogens (primary N) is 1. The van der Waals surface area contributed by atoms with E-state index < -0.39 is 5.91 Å². The zero-order chi connectivity index (χ0) is 13.4. The summed E-state index contributed by atoms with van der Waals surface area (Å²) in [7, 11) is 0. The lowest BCUT2D eigenvalue weighted by Crippen LogP contribution is -2.33. The molecular weight excluding hydrogens is 242 g/mol. The third-order valence-electron chi connectivity index (χ3n) is 4.09. The van der Waals surface area contributed by atoms with Crippen molar-refractivity contribution in [3.63, 3.8) is 0 Å². The minimum Gasteiger partial charge on any atom is -0.366 e. The second kappa shape index (κ2) is 4.66. The van der Waals surface area contributed by atoms with Gasteiger partial charge in [0.25, 0.3) is 5.91 Å². The van der Waals surface area contributed by atoms with E-state index in [-0.39, 0.29) is 17.9 Å². The molecule has 4 N–H and O–H groups in total. The number of anilines is 1. The van der Waals surface area contributed by atoms with E-state index in [4.69, 9.17) is 5.73 Å². The lowest BCUT2D eigenvalue weighted by molar-refractivity contribution is -0.120. The highest BCUT2D eigenvalue weighted by Gasteiger charge is 2.42. The number of benzene rings is 1. The second-order valence-corrected chi connectivity index (χ2v) is 5.29. The predicted octanol–water partition coefficient (Wildman–Crippen LogP) is 0.864. The fraction of sp³-hybridized carbons (Fsp3) is 0.429. The van der Waals surface area contributed by atoms with Crippen molar-refractivity contribution < 1.29 is 9.59 Å². The monoisotopic (exact) mass is 259 g/mol. The van der Waals surface area contributed by atoms with Crippen LogP contribution >= 0.6 is 0 Å². The second-order valence-electron chi connectivity index (χ2n) is 5.29. The minimum absolute atomic E-state index is 0.000294. The van der Waals surface area contributed by atoms with Gasteiger partial charge in [-0.05, 0) is 31.4 Å². The maximum absolute atomic E-state index is 12.3. The van der Waals surface area contributed by atoms with Gasteiger partial charge in [-0.2, -0.15) is 0 Å². The van der Waals surface area contributed by atoms with Gasteiger partial charge >= 0.3 is 0 Å². The maximum atomic E-state index is 12.3. The van der Waals surface area contributed by atoms with E-state index in [1.807, 2.05) is 0 Å². The molecule has 3 atom stereocenters.